The fourth-order valence-corrected chi connectivity index (χ4v) is 5.42. The first-order valence-corrected chi connectivity index (χ1v) is 11.7. The molecule has 0 bridgehead atoms. The first-order chi connectivity index (χ1) is 15.4. The van der Waals surface area contributed by atoms with E-state index < -0.39 is 11.8 Å². The van der Waals surface area contributed by atoms with Gasteiger partial charge in [-0.15, -0.1) is 0 Å². The van der Waals surface area contributed by atoms with Crippen molar-refractivity contribution in [3.05, 3.63) is 30.4 Å². The van der Waals surface area contributed by atoms with E-state index in [1.807, 2.05) is 32.1 Å². The summed E-state index contributed by atoms with van der Waals surface area (Å²) in [6.07, 6.45) is 9.32. The third-order valence-electron chi connectivity index (χ3n) is 7.02. The third kappa shape index (κ3) is 3.57. The van der Waals surface area contributed by atoms with Gasteiger partial charge in [0.25, 0.3) is 5.79 Å². The Morgan fingerprint density at radius 3 is 2.31 bits per heavy atom. The van der Waals surface area contributed by atoms with Crippen molar-refractivity contribution in [2.24, 2.45) is 17.8 Å². The molecule has 1 spiro atoms. The summed E-state index contributed by atoms with van der Waals surface area (Å²) in [6.45, 7) is 3.98. The fraction of sp³-hybridized carbons (Fsp3) is 0.560. The minimum Gasteiger partial charge on any atom is -0.448 e. The second-order valence-corrected chi connectivity index (χ2v) is 9.82. The maximum Gasteiger partial charge on any atom is 0.251 e. The highest BCUT2D eigenvalue weighted by Gasteiger charge is 2.51. The van der Waals surface area contributed by atoms with Crippen LogP contribution < -0.4 is 14.8 Å². The van der Waals surface area contributed by atoms with Gasteiger partial charge in [0.15, 0.2) is 11.5 Å². The summed E-state index contributed by atoms with van der Waals surface area (Å²) in [5.41, 5.74) is 0.569. The van der Waals surface area contributed by atoms with Crippen molar-refractivity contribution in [2.45, 2.75) is 70.6 Å². The van der Waals surface area contributed by atoms with Crippen LogP contribution in [0, 0.1) is 17.8 Å². The fourth-order valence-electron chi connectivity index (χ4n) is 5.42. The molecular formula is C25H30N2O5. The molecule has 2 fully saturated rings. The van der Waals surface area contributed by atoms with E-state index in [1.54, 1.807) is 12.1 Å². The standard InChI is InChI=1S/C25H30N2O5/c1-15(2)13-19(27-23(29)17-7-3-4-8-18(17)24(27)30)22(28)26-16-9-10-20-21(14-16)32-25(31-20)11-5-6-12-25/h3-4,9-10,14-15,17-19H,5-8,11-13H2,1-2H3,(H,26,28)/t17-,18+,19-/m1/s1. The summed E-state index contributed by atoms with van der Waals surface area (Å²) in [4.78, 5) is 40.7. The first kappa shape index (κ1) is 21.0. The third-order valence-corrected chi connectivity index (χ3v) is 7.02. The van der Waals surface area contributed by atoms with Crippen molar-refractivity contribution in [3.8, 4) is 11.5 Å². The van der Waals surface area contributed by atoms with Gasteiger partial charge in [-0.1, -0.05) is 26.0 Å². The first-order valence-electron chi connectivity index (χ1n) is 11.7. The van der Waals surface area contributed by atoms with Crippen LogP contribution in [0.15, 0.2) is 30.4 Å². The molecule has 1 aromatic carbocycles. The molecule has 7 heteroatoms. The van der Waals surface area contributed by atoms with Gasteiger partial charge >= 0.3 is 0 Å². The van der Waals surface area contributed by atoms with E-state index in [0.717, 1.165) is 25.7 Å². The molecule has 5 rings (SSSR count). The number of nitrogens with zero attached hydrogens (tertiary/aromatic N) is 1. The van der Waals surface area contributed by atoms with E-state index in [4.69, 9.17) is 9.47 Å². The lowest BCUT2D eigenvalue weighted by Gasteiger charge is -2.27. The lowest BCUT2D eigenvalue weighted by molar-refractivity contribution is -0.147. The van der Waals surface area contributed by atoms with Gasteiger partial charge in [0.1, 0.15) is 6.04 Å². The molecule has 1 aromatic rings. The number of hydrogen-bond donors (Lipinski definition) is 1. The molecule has 0 unspecified atom stereocenters. The van der Waals surface area contributed by atoms with Crippen LogP contribution in [0.4, 0.5) is 5.69 Å². The van der Waals surface area contributed by atoms with E-state index in [1.165, 1.54) is 4.90 Å². The predicted molar refractivity (Wildman–Crippen MR) is 118 cm³/mol. The van der Waals surface area contributed by atoms with E-state index in [9.17, 15) is 14.4 Å². The Bertz CT molecular complexity index is 953. The normalized spacial score (nSPS) is 26.2. The van der Waals surface area contributed by atoms with Crippen molar-refractivity contribution in [1.82, 2.24) is 4.90 Å². The largest absolute Gasteiger partial charge is 0.448 e. The second-order valence-electron chi connectivity index (χ2n) is 9.82. The number of nitrogens with one attached hydrogen (secondary N) is 1. The summed E-state index contributed by atoms with van der Waals surface area (Å²) in [6, 6.07) is 4.52. The average molecular weight is 439 g/mol. The summed E-state index contributed by atoms with van der Waals surface area (Å²) in [5, 5.41) is 2.92. The molecule has 170 valence electrons. The van der Waals surface area contributed by atoms with Crippen molar-refractivity contribution >= 4 is 23.4 Å². The Balaban J connectivity index is 1.35. The molecule has 0 radical (unpaired) electrons. The monoisotopic (exact) mass is 438 g/mol. The zero-order valence-corrected chi connectivity index (χ0v) is 18.6. The van der Waals surface area contributed by atoms with Gasteiger partial charge in [0.2, 0.25) is 17.7 Å². The molecular weight excluding hydrogens is 408 g/mol. The van der Waals surface area contributed by atoms with Crippen LogP contribution in [0.5, 0.6) is 11.5 Å². The van der Waals surface area contributed by atoms with Gasteiger partial charge in [-0.25, -0.2) is 0 Å². The lowest BCUT2D eigenvalue weighted by atomic mass is 9.85. The van der Waals surface area contributed by atoms with E-state index in [0.29, 0.717) is 36.4 Å². The number of amides is 3. The number of rotatable bonds is 5. The highest BCUT2D eigenvalue weighted by molar-refractivity contribution is 6.10. The number of carbonyl (C=O) groups is 3. The van der Waals surface area contributed by atoms with Gasteiger partial charge in [-0.05, 0) is 50.2 Å². The van der Waals surface area contributed by atoms with Crippen LogP contribution in [0.1, 0.15) is 58.8 Å². The van der Waals surface area contributed by atoms with Gasteiger partial charge in [-0.3, -0.25) is 19.3 Å². The highest BCUT2D eigenvalue weighted by Crippen LogP contribution is 2.47. The predicted octanol–water partition coefficient (Wildman–Crippen LogP) is 4.03. The minimum atomic E-state index is -0.827. The van der Waals surface area contributed by atoms with Gasteiger partial charge in [-0.2, -0.15) is 0 Å². The molecule has 0 aromatic heterocycles. The molecule has 3 amide bonds. The smallest absolute Gasteiger partial charge is 0.251 e. The van der Waals surface area contributed by atoms with Crippen LogP contribution in [0.25, 0.3) is 0 Å². The Labute approximate surface area is 188 Å². The number of ether oxygens (including phenoxy) is 2. The Morgan fingerprint density at radius 2 is 1.69 bits per heavy atom. The number of fused-ring (bicyclic) bond motifs is 2. The molecule has 3 atom stereocenters. The Kier molecular flexibility index (Phi) is 5.22. The van der Waals surface area contributed by atoms with Crippen LogP contribution in [0.3, 0.4) is 0 Å². The number of benzene rings is 1. The van der Waals surface area contributed by atoms with Crippen molar-refractivity contribution in [2.75, 3.05) is 5.32 Å². The SMILES string of the molecule is CC(C)C[C@H](C(=O)Nc1ccc2c(c1)OC1(CCCC1)O2)N1C(=O)[C@H]2CC=CC[C@H]2C1=O. The molecule has 1 saturated heterocycles. The van der Waals surface area contributed by atoms with E-state index in [2.05, 4.69) is 5.32 Å². The van der Waals surface area contributed by atoms with Crippen LogP contribution in [-0.4, -0.2) is 34.5 Å². The average Bonchev–Trinajstić information content (AvgIpc) is 3.43. The van der Waals surface area contributed by atoms with Gasteiger partial charge in [0.05, 0.1) is 11.8 Å². The zero-order valence-electron chi connectivity index (χ0n) is 18.6. The summed E-state index contributed by atoms with van der Waals surface area (Å²) < 4.78 is 12.1. The minimum absolute atomic E-state index is 0.145. The van der Waals surface area contributed by atoms with Gasteiger partial charge < -0.3 is 14.8 Å². The Hall–Kier alpha value is -2.83. The molecule has 7 nitrogen and oxygen atoms in total. The highest BCUT2D eigenvalue weighted by atomic mass is 16.7. The summed E-state index contributed by atoms with van der Waals surface area (Å²) in [5.74, 6) is -0.596. The number of anilines is 1. The maximum atomic E-state index is 13.3. The van der Waals surface area contributed by atoms with Crippen LogP contribution >= 0.6 is 0 Å². The number of hydrogen-bond acceptors (Lipinski definition) is 5. The van der Waals surface area contributed by atoms with E-state index >= 15 is 0 Å². The number of allylic oxidation sites excluding steroid dienone is 2. The van der Waals surface area contributed by atoms with Gasteiger partial charge in [0, 0.05) is 24.6 Å². The Morgan fingerprint density at radius 1 is 1.06 bits per heavy atom. The molecule has 4 aliphatic rings. The van der Waals surface area contributed by atoms with Crippen LogP contribution in [0.2, 0.25) is 0 Å². The van der Waals surface area contributed by atoms with Crippen molar-refractivity contribution in [3.63, 3.8) is 0 Å². The molecule has 2 aliphatic heterocycles. The second kappa shape index (κ2) is 7.94. The lowest BCUT2D eigenvalue weighted by Crippen LogP contribution is -2.48. The number of imide groups is 1. The molecule has 2 heterocycles. The maximum absolute atomic E-state index is 13.3. The van der Waals surface area contributed by atoms with Crippen molar-refractivity contribution < 1.29 is 23.9 Å². The zero-order chi connectivity index (χ0) is 22.5. The molecule has 32 heavy (non-hydrogen) atoms. The van der Waals surface area contributed by atoms with Crippen molar-refractivity contribution in [1.29, 1.82) is 0 Å². The molecule has 1 saturated carbocycles. The summed E-state index contributed by atoms with van der Waals surface area (Å²) >= 11 is 0. The van der Waals surface area contributed by atoms with E-state index in [-0.39, 0.29) is 35.5 Å². The molecule has 2 aliphatic carbocycles. The van der Waals surface area contributed by atoms with Crippen LogP contribution in [-0.2, 0) is 14.4 Å². The number of carbonyl (C=O) groups excluding carboxylic acids is 3. The number of likely N-dealkylation sites (tertiary alicyclic amines) is 1. The quantitative estimate of drug-likeness (QED) is 0.554. The molecule has 1 N–H and O–H groups in total. The summed E-state index contributed by atoms with van der Waals surface area (Å²) in [7, 11) is 0. The topological polar surface area (TPSA) is 84.9 Å².